The smallest absolute Gasteiger partial charge is 0.137 e. The molecule has 0 heterocycles. The molecule has 1 rings (SSSR count). The van der Waals surface area contributed by atoms with E-state index in [1.54, 1.807) is 18.2 Å². The first-order valence-corrected chi connectivity index (χ1v) is 3.62. The van der Waals surface area contributed by atoms with E-state index in [1.807, 2.05) is 0 Å². The minimum absolute atomic E-state index is 0. The summed E-state index contributed by atoms with van der Waals surface area (Å²) in [5.41, 5.74) is 4.39. The van der Waals surface area contributed by atoms with Gasteiger partial charge in [0.1, 0.15) is 5.82 Å². The average Bonchev–Trinajstić information content (AvgIpc) is 1.97. The Hall–Kier alpha value is -0.610. The van der Waals surface area contributed by atoms with Gasteiger partial charge >= 0.3 is 0 Å². The summed E-state index contributed by atoms with van der Waals surface area (Å²) in [6, 6.07) is 6.49. The van der Waals surface area contributed by atoms with Crippen LogP contribution in [0.5, 0.6) is 0 Å². The van der Waals surface area contributed by atoms with E-state index in [1.165, 1.54) is 6.07 Å². The molecule has 3 N–H and O–H groups in total. The summed E-state index contributed by atoms with van der Waals surface area (Å²) in [7, 11) is 0. The van der Waals surface area contributed by atoms with Crippen LogP contribution in [0.2, 0.25) is 0 Å². The molecule has 0 saturated heterocycles. The van der Waals surface area contributed by atoms with E-state index in [4.69, 9.17) is 5.41 Å². The van der Waals surface area contributed by atoms with Crippen molar-refractivity contribution in [1.82, 2.24) is 0 Å². The highest BCUT2D eigenvalue weighted by Crippen LogP contribution is 2.12. The molecule has 12 heavy (non-hydrogen) atoms. The Labute approximate surface area is 85.0 Å². The fraction of sp³-hybridized carbons (Fsp3) is 0. The molecule has 0 spiro atoms. The first-order chi connectivity index (χ1) is 5.22. The maximum Gasteiger partial charge on any atom is 0.137 e. The summed E-state index contributed by atoms with van der Waals surface area (Å²) in [5, 5.41) is 5.86. The molecular formula is C7H9BrClFN2. The molecule has 0 saturated carbocycles. The Morgan fingerprint density at radius 2 is 1.83 bits per heavy atom. The lowest BCUT2D eigenvalue weighted by Gasteiger charge is -1.87. The SMILES string of the molecule is Cl.Fc1ccccc1Br.N=CN. The Balaban J connectivity index is 0. The third kappa shape index (κ3) is 6.12. The summed E-state index contributed by atoms with van der Waals surface area (Å²) in [5.74, 6) is -0.215. The molecule has 1 aromatic rings. The van der Waals surface area contributed by atoms with Gasteiger partial charge in [-0.1, -0.05) is 12.1 Å². The van der Waals surface area contributed by atoms with Crippen molar-refractivity contribution in [2.45, 2.75) is 0 Å². The van der Waals surface area contributed by atoms with Gasteiger partial charge in [-0.15, -0.1) is 12.4 Å². The largest absolute Gasteiger partial charge is 0.390 e. The van der Waals surface area contributed by atoms with Crippen molar-refractivity contribution in [2.24, 2.45) is 5.73 Å². The zero-order chi connectivity index (χ0) is 8.69. The predicted molar refractivity (Wildman–Crippen MR) is 54.3 cm³/mol. The zero-order valence-corrected chi connectivity index (χ0v) is 8.53. The number of hydrogen-bond donors (Lipinski definition) is 2. The molecule has 0 aliphatic heterocycles. The molecule has 1 aromatic carbocycles. The summed E-state index contributed by atoms with van der Waals surface area (Å²) < 4.78 is 12.8. The number of benzene rings is 1. The van der Waals surface area contributed by atoms with Crippen molar-refractivity contribution in [1.29, 1.82) is 5.41 Å². The number of nitrogens with two attached hydrogens (primary N) is 1. The average molecular weight is 256 g/mol. The highest BCUT2D eigenvalue weighted by molar-refractivity contribution is 9.10. The second kappa shape index (κ2) is 8.49. The molecule has 0 aromatic heterocycles. The van der Waals surface area contributed by atoms with Gasteiger partial charge in [-0.05, 0) is 28.1 Å². The summed E-state index contributed by atoms with van der Waals surface area (Å²) >= 11 is 3.02. The number of hydrogen-bond acceptors (Lipinski definition) is 1. The van der Waals surface area contributed by atoms with Crippen LogP contribution in [0.1, 0.15) is 0 Å². The van der Waals surface area contributed by atoms with Crippen LogP contribution in [0.4, 0.5) is 4.39 Å². The van der Waals surface area contributed by atoms with Crippen molar-refractivity contribution >= 4 is 34.7 Å². The summed E-state index contributed by atoms with van der Waals surface area (Å²) in [6.07, 6.45) is 0.750. The summed E-state index contributed by atoms with van der Waals surface area (Å²) in [6.45, 7) is 0. The highest BCUT2D eigenvalue weighted by atomic mass is 79.9. The Morgan fingerprint density at radius 3 is 2.08 bits per heavy atom. The van der Waals surface area contributed by atoms with Crippen LogP contribution < -0.4 is 5.73 Å². The zero-order valence-electron chi connectivity index (χ0n) is 6.13. The van der Waals surface area contributed by atoms with E-state index >= 15 is 0 Å². The molecule has 68 valence electrons. The monoisotopic (exact) mass is 254 g/mol. The Morgan fingerprint density at radius 1 is 1.42 bits per heavy atom. The molecule has 0 unspecified atom stereocenters. The highest BCUT2D eigenvalue weighted by Gasteiger charge is 1.90. The van der Waals surface area contributed by atoms with Gasteiger partial charge in [0.15, 0.2) is 0 Å². The van der Waals surface area contributed by atoms with E-state index in [-0.39, 0.29) is 18.2 Å². The van der Waals surface area contributed by atoms with E-state index in [9.17, 15) is 4.39 Å². The van der Waals surface area contributed by atoms with Crippen LogP contribution in [0.25, 0.3) is 0 Å². The van der Waals surface area contributed by atoms with Crippen molar-refractivity contribution in [2.75, 3.05) is 0 Å². The number of nitrogens with one attached hydrogen (secondary N) is 1. The molecule has 0 radical (unpaired) electrons. The van der Waals surface area contributed by atoms with Gasteiger partial charge in [-0.2, -0.15) is 0 Å². The van der Waals surface area contributed by atoms with Crippen molar-refractivity contribution in [3.63, 3.8) is 0 Å². The van der Waals surface area contributed by atoms with Gasteiger partial charge in [-0.25, -0.2) is 4.39 Å². The van der Waals surface area contributed by atoms with E-state index < -0.39 is 0 Å². The van der Waals surface area contributed by atoms with E-state index in [0.29, 0.717) is 4.47 Å². The van der Waals surface area contributed by atoms with Crippen LogP contribution >= 0.6 is 28.3 Å². The van der Waals surface area contributed by atoms with Gasteiger partial charge in [0.25, 0.3) is 0 Å². The van der Waals surface area contributed by atoms with Crippen molar-refractivity contribution < 1.29 is 4.39 Å². The molecule has 0 amide bonds. The lowest BCUT2D eigenvalue weighted by molar-refractivity contribution is 0.621. The molecule has 0 aliphatic rings. The van der Waals surface area contributed by atoms with Crippen LogP contribution in [0.15, 0.2) is 28.7 Å². The number of halogens is 3. The maximum atomic E-state index is 12.3. The lowest BCUT2D eigenvalue weighted by atomic mass is 10.4. The van der Waals surface area contributed by atoms with Crippen molar-refractivity contribution in [3.8, 4) is 0 Å². The molecule has 2 nitrogen and oxygen atoms in total. The minimum atomic E-state index is -0.215. The number of rotatable bonds is 0. The topological polar surface area (TPSA) is 49.9 Å². The molecule has 0 atom stereocenters. The fourth-order valence-electron chi connectivity index (χ4n) is 0.439. The van der Waals surface area contributed by atoms with Crippen LogP contribution in [0.3, 0.4) is 0 Å². The van der Waals surface area contributed by atoms with E-state index in [2.05, 4.69) is 21.7 Å². The van der Waals surface area contributed by atoms with Crippen LogP contribution in [-0.2, 0) is 0 Å². The van der Waals surface area contributed by atoms with E-state index in [0.717, 1.165) is 6.34 Å². The normalized spacial score (nSPS) is 7.17. The minimum Gasteiger partial charge on any atom is -0.390 e. The fourth-order valence-corrected chi connectivity index (χ4v) is 0.724. The Kier molecular flexibility index (Phi) is 9.86. The lowest BCUT2D eigenvalue weighted by Crippen LogP contribution is -1.81. The molecular weight excluding hydrogens is 246 g/mol. The third-order valence-electron chi connectivity index (χ3n) is 0.824. The second-order valence-corrected chi connectivity index (χ2v) is 2.44. The predicted octanol–water partition coefficient (Wildman–Crippen LogP) is 2.56. The first kappa shape index (κ1) is 13.9. The molecule has 0 aliphatic carbocycles. The van der Waals surface area contributed by atoms with Crippen molar-refractivity contribution in [3.05, 3.63) is 34.6 Å². The van der Waals surface area contributed by atoms with Gasteiger partial charge < -0.3 is 5.73 Å². The van der Waals surface area contributed by atoms with Gasteiger partial charge in [0.05, 0.1) is 10.8 Å². The summed E-state index contributed by atoms with van der Waals surface area (Å²) in [4.78, 5) is 0. The van der Waals surface area contributed by atoms with Gasteiger partial charge in [-0.3, -0.25) is 5.41 Å². The van der Waals surface area contributed by atoms with Gasteiger partial charge in [0, 0.05) is 0 Å². The Bertz CT molecular complexity index is 211. The molecule has 0 bridgehead atoms. The first-order valence-electron chi connectivity index (χ1n) is 2.83. The quantitative estimate of drug-likeness (QED) is 0.543. The molecule has 5 heteroatoms. The van der Waals surface area contributed by atoms with Crippen LogP contribution in [-0.4, -0.2) is 6.34 Å². The molecule has 0 fully saturated rings. The second-order valence-electron chi connectivity index (χ2n) is 1.58. The maximum absolute atomic E-state index is 12.3. The standard InChI is InChI=1S/C6H4BrF.CH4N2.ClH/c7-5-3-1-2-4-6(5)8;2-1-3;/h1-4H;1H,(H3,2,3);1H. The third-order valence-corrected chi connectivity index (χ3v) is 1.47. The van der Waals surface area contributed by atoms with Gasteiger partial charge in [0.2, 0.25) is 0 Å². The van der Waals surface area contributed by atoms with Crippen LogP contribution in [0, 0.1) is 11.2 Å².